The minimum atomic E-state index is -1.55. The highest BCUT2D eigenvalue weighted by Gasteiger charge is 2.44. The zero-order valence-corrected chi connectivity index (χ0v) is 42.1. The fourth-order valence-electron chi connectivity index (χ4n) is 9.16. The first-order valence-electron chi connectivity index (χ1n) is 27.9. The van der Waals surface area contributed by atoms with Gasteiger partial charge in [0, 0.05) is 6.42 Å². The van der Waals surface area contributed by atoms with E-state index in [1.807, 2.05) is 0 Å². The lowest BCUT2D eigenvalue weighted by molar-refractivity contribution is -0.302. The van der Waals surface area contributed by atoms with Gasteiger partial charge in [-0.05, 0) is 38.5 Å². The van der Waals surface area contributed by atoms with Gasteiger partial charge in [0.25, 0.3) is 0 Å². The number of unbranched alkanes of at least 4 members (excludes halogenated alkanes) is 36. The third kappa shape index (κ3) is 35.1. The molecule has 1 aliphatic rings. The standard InChI is InChI=1S/C55H107NO8/c1-3-5-7-9-11-13-15-16-17-18-19-20-21-22-23-24-25-26-27-28-29-30-31-32-33-35-37-39-41-43-45-51(59)56-48(47-63-55-54(62)53(61)52(60)50(46-57)64-55)49(58)44-42-40-38-36-34-14-12-10-8-6-4-2/h22-23,48-50,52-55,57-58,60-62H,3-21,24-47H2,1-2H3,(H,56,59)/b23-22-. The molecule has 0 saturated carbocycles. The lowest BCUT2D eigenvalue weighted by Gasteiger charge is -2.40. The Labute approximate surface area is 395 Å². The van der Waals surface area contributed by atoms with E-state index in [0.29, 0.717) is 12.8 Å². The maximum atomic E-state index is 13.0. The maximum absolute atomic E-state index is 13.0. The third-order valence-corrected chi connectivity index (χ3v) is 13.6. The molecule has 1 heterocycles. The number of aliphatic hydroxyl groups excluding tert-OH is 5. The van der Waals surface area contributed by atoms with Crippen molar-refractivity contribution in [2.75, 3.05) is 13.2 Å². The minimum absolute atomic E-state index is 0.134. The molecule has 7 atom stereocenters. The molecule has 0 radical (unpaired) electrons. The molecule has 0 aromatic rings. The second-order valence-electron chi connectivity index (χ2n) is 19.7. The molecule has 0 aromatic carbocycles. The Morgan fingerprint density at radius 2 is 0.875 bits per heavy atom. The van der Waals surface area contributed by atoms with Gasteiger partial charge < -0.3 is 40.3 Å². The van der Waals surface area contributed by atoms with E-state index >= 15 is 0 Å². The average Bonchev–Trinajstić information content (AvgIpc) is 3.29. The number of carbonyl (C=O) groups excluding carboxylic acids is 1. The van der Waals surface area contributed by atoms with Crippen LogP contribution in [0.15, 0.2) is 12.2 Å². The number of amides is 1. The first-order valence-corrected chi connectivity index (χ1v) is 27.9. The van der Waals surface area contributed by atoms with Crippen molar-refractivity contribution in [1.82, 2.24) is 5.32 Å². The van der Waals surface area contributed by atoms with Crippen LogP contribution in [0.25, 0.3) is 0 Å². The van der Waals surface area contributed by atoms with Gasteiger partial charge in [0.05, 0.1) is 25.4 Å². The van der Waals surface area contributed by atoms with Crippen LogP contribution < -0.4 is 5.32 Å². The molecule has 9 heteroatoms. The van der Waals surface area contributed by atoms with E-state index in [0.717, 1.165) is 38.5 Å². The van der Waals surface area contributed by atoms with Crippen LogP contribution >= 0.6 is 0 Å². The Morgan fingerprint density at radius 1 is 0.516 bits per heavy atom. The molecule has 9 nitrogen and oxygen atoms in total. The van der Waals surface area contributed by atoms with Gasteiger partial charge in [-0.25, -0.2) is 0 Å². The summed E-state index contributed by atoms with van der Waals surface area (Å²) in [5.74, 6) is -0.141. The summed E-state index contributed by atoms with van der Waals surface area (Å²) < 4.78 is 11.3. The zero-order valence-electron chi connectivity index (χ0n) is 42.1. The molecule has 0 bridgehead atoms. The second-order valence-corrected chi connectivity index (χ2v) is 19.7. The minimum Gasteiger partial charge on any atom is -0.394 e. The Kier molecular flexibility index (Phi) is 43.5. The SMILES string of the molecule is CCCCCCCCCCCCCC/C=C\CCCCCCCCCCCCCCCCC(=O)NC(COC1OC(CO)C(O)C(O)C1O)C(O)CCCCCCCCCCCCC. The van der Waals surface area contributed by atoms with E-state index in [1.54, 1.807) is 0 Å². The Balaban J connectivity index is 2.10. The van der Waals surface area contributed by atoms with Crippen molar-refractivity contribution >= 4 is 5.91 Å². The van der Waals surface area contributed by atoms with E-state index < -0.39 is 49.5 Å². The highest BCUT2D eigenvalue weighted by molar-refractivity contribution is 5.76. The lowest BCUT2D eigenvalue weighted by Crippen LogP contribution is -2.60. The first-order chi connectivity index (χ1) is 31.3. The summed E-state index contributed by atoms with van der Waals surface area (Å²) >= 11 is 0. The van der Waals surface area contributed by atoms with Crippen molar-refractivity contribution in [3.8, 4) is 0 Å². The van der Waals surface area contributed by atoms with Crippen LogP contribution in [0.3, 0.4) is 0 Å². The van der Waals surface area contributed by atoms with Gasteiger partial charge in [0.2, 0.25) is 5.91 Å². The molecule has 380 valence electrons. The molecule has 0 aromatic heterocycles. The molecule has 1 saturated heterocycles. The van der Waals surface area contributed by atoms with E-state index in [4.69, 9.17) is 9.47 Å². The highest BCUT2D eigenvalue weighted by Crippen LogP contribution is 2.23. The molecule has 6 N–H and O–H groups in total. The summed E-state index contributed by atoms with van der Waals surface area (Å²) in [7, 11) is 0. The summed E-state index contributed by atoms with van der Waals surface area (Å²) in [6.07, 6.45) is 48.3. The summed E-state index contributed by atoms with van der Waals surface area (Å²) in [6, 6.07) is -0.714. The van der Waals surface area contributed by atoms with Gasteiger partial charge in [-0.3, -0.25) is 4.79 Å². The zero-order chi connectivity index (χ0) is 46.6. The maximum Gasteiger partial charge on any atom is 0.220 e. The first kappa shape index (κ1) is 60.9. The number of ether oxygens (including phenoxy) is 2. The molecule has 0 spiro atoms. The molecule has 1 rings (SSSR count). The molecule has 1 amide bonds. The summed E-state index contributed by atoms with van der Waals surface area (Å²) in [4.78, 5) is 13.0. The van der Waals surface area contributed by atoms with Crippen molar-refractivity contribution < 1.29 is 39.8 Å². The van der Waals surface area contributed by atoms with Gasteiger partial charge in [-0.1, -0.05) is 244 Å². The number of nitrogens with one attached hydrogen (secondary N) is 1. The molecule has 7 unspecified atom stereocenters. The van der Waals surface area contributed by atoms with Crippen molar-refractivity contribution in [3.05, 3.63) is 12.2 Å². The van der Waals surface area contributed by atoms with Gasteiger partial charge in [0.15, 0.2) is 6.29 Å². The van der Waals surface area contributed by atoms with Crippen LogP contribution in [0, 0.1) is 0 Å². The number of carbonyl (C=O) groups is 1. The Morgan fingerprint density at radius 3 is 1.27 bits per heavy atom. The Bertz CT molecular complexity index is 1010. The number of hydrogen-bond donors (Lipinski definition) is 6. The van der Waals surface area contributed by atoms with Crippen molar-refractivity contribution in [1.29, 1.82) is 0 Å². The predicted molar refractivity (Wildman–Crippen MR) is 267 cm³/mol. The normalized spacial score (nSPS) is 20.0. The van der Waals surface area contributed by atoms with Crippen LogP contribution in [0.5, 0.6) is 0 Å². The van der Waals surface area contributed by atoms with Gasteiger partial charge in [-0.2, -0.15) is 0 Å². The molecule has 0 aliphatic carbocycles. The van der Waals surface area contributed by atoms with Crippen LogP contribution in [0.4, 0.5) is 0 Å². The average molecular weight is 910 g/mol. The molecule has 64 heavy (non-hydrogen) atoms. The van der Waals surface area contributed by atoms with Gasteiger partial charge in [0.1, 0.15) is 24.4 Å². The number of rotatable bonds is 48. The van der Waals surface area contributed by atoms with Gasteiger partial charge in [-0.15, -0.1) is 0 Å². The highest BCUT2D eigenvalue weighted by atomic mass is 16.7. The summed E-state index contributed by atoms with van der Waals surface area (Å²) in [6.45, 7) is 3.85. The number of aliphatic hydroxyl groups is 5. The van der Waals surface area contributed by atoms with Crippen LogP contribution in [0.1, 0.15) is 277 Å². The largest absolute Gasteiger partial charge is 0.394 e. The lowest BCUT2D eigenvalue weighted by atomic mass is 9.99. The fraction of sp³-hybridized carbons (Fsp3) is 0.945. The quantitative estimate of drug-likeness (QED) is 0.0261. The summed E-state index contributed by atoms with van der Waals surface area (Å²) in [5, 5.41) is 54.4. The smallest absolute Gasteiger partial charge is 0.220 e. The van der Waals surface area contributed by atoms with Crippen LogP contribution in [0.2, 0.25) is 0 Å². The van der Waals surface area contributed by atoms with Crippen molar-refractivity contribution in [3.63, 3.8) is 0 Å². The van der Waals surface area contributed by atoms with Gasteiger partial charge >= 0.3 is 0 Å². The number of allylic oxidation sites excluding steroid dienone is 2. The molecular formula is C55H107NO8. The van der Waals surface area contributed by atoms with Crippen LogP contribution in [-0.4, -0.2) is 87.5 Å². The predicted octanol–water partition coefficient (Wildman–Crippen LogP) is 13.2. The van der Waals surface area contributed by atoms with Crippen LogP contribution in [-0.2, 0) is 14.3 Å². The molecular weight excluding hydrogens is 803 g/mol. The third-order valence-electron chi connectivity index (χ3n) is 13.6. The summed E-state index contributed by atoms with van der Waals surface area (Å²) in [5.41, 5.74) is 0. The number of hydrogen-bond acceptors (Lipinski definition) is 8. The van der Waals surface area contributed by atoms with E-state index in [1.165, 1.54) is 212 Å². The van der Waals surface area contributed by atoms with E-state index in [-0.39, 0.29) is 12.5 Å². The monoisotopic (exact) mass is 910 g/mol. The molecule has 1 aliphatic heterocycles. The molecule has 1 fully saturated rings. The van der Waals surface area contributed by atoms with E-state index in [2.05, 4.69) is 31.3 Å². The van der Waals surface area contributed by atoms with Crippen molar-refractivity contribution in [2.45, 2.75) is 320 Å². The topological polar surface area (TPSA) is 149 Å². The van der Waals surface area contributed by atoms with Crippen molar-refractivity contribution in [2.24, 2.45) is 0 Å². The van der Waals surface area contributed by atoms with E-state index in [9.17, 15) is 30.3 Å². The Hall–Kier alpha value is -1.07. The fourth-order valence-corrected chi connectivity index (χ4v) is 9.16. The second kappa shape index (κ2) is 45.7.